The lowest BCUT2D eigenvalue weighted by Crippen LogP contribution is -2.20. The van der Waals surface area contributed by atoms with Crippen molar-refractivity contribution in [3.63, 3.8) is 0 Å². The topological polar surface area (TPSA) is 49.8 Å². The molecule has 4 nitrogen and oxygen atoms in total. The fourth-order valence-electron chi connectivity index (χ4n) is 1.50. The van der Waals surface area contributed by atoms with Gasteiger partial charge >= 0.3 is 5.97 Å². The van der Waals surface area contributed by atoms with Crippen LogP contribution in [0.15, 0.2) is 11.4 Å². The Kier molecular flexibility index (Phi) is 5.45. The monoisotopic (exact) mass is 243 g/mol. The van der Waals surface area contributed by atoms with Crippen molar-refractivity contribution in [2.24, 2.45) is 0 Å². The molecular formula is C11H17NO3S. The van der Waals surface area contributed by atoms with Crippen LogP contribution < -0.4 is 0 Å². The average molecular weight is 243 g/mol. The summed E-state index contributed by atoms with van der Waals surface area (Å²) in [4.78, 5) is 13.4. The molecule has 90 valence electrons. The lowest BCUT2D eigenvalue weighted by Gasteiger charge is -2.15. The van der Waals surface area contributed by atoms with Crippen LogP contribution in [0.5, 0.6) is 0 Å². The van der Waals surface area contributed by atoms with Gasteiger partial charge in [0.25, 0.3) is 0 Å². The average Bonchev–Trinajstić information content (AvgIpc) is 2.66. The lowest BCUT2D eigenvalue weighted by atomic mass is 10.2. The van der Waals surface area contributed by atoms with Crippen LogP contribution in [0.3, 0.4) is 0 Å². The number of carboxylic acid groups (broad SMARTS) is 1. The third kappa shape index (κ3) is 3.92. The van der Waals surface area contributed by atoms with E-state index in [4.69, 9.17) is 9.84 Å². The first kappa shape index (κ1) is 13.2. The number of aromatic carboxylic acids is 1. The van der Waals surface area contributed by atoms with E-state index in [0.717, 1.165) is 25.1 Å². The third-order valence-corrected chi connectivity index (χ3v) is 3.21. The number of nitrogens with zero attached hydrogens (tertiary/aromatic N) is 1. The van der Waals surface area contributed by atoms with E-state index < -0.39 is 5.97 Å². The molecule has 1 N–H and O–H groups in total. The number of ether oxygens (including phenoxy) is 1. The Morgan fingerprint density at radius 1 is 1.62 bits per heavy atom. The molecule has 0 saturated heterocycles. The second kappa shape index (κ2) is 6.62. The number of hydrogen-bond acceptors (Lipinski definition) is 4. The van der Waals surface area contributed by atoms with Crippen LogP contribution in [-0.2, 0) is 11.3 Å². The van der Waals surface area contributed by atoms with E-state index >= 15 is 0 Å². The van der Waals surface area contributed by atoms with E-state index in [1.165, 1.54) is 11.3 Å². The molecule has 16 heavy (non-hydrogen) atoms. The maximum atomic E-state index is 10.9. The Balaban J connectivity index is 2.46. The summed E-state index contributed by atoms with van der Waals surface area (Å²) in [5, 5.41) is 10.8. The normalized spacial score (nSPS) is 10.9. The number of carboxylic acids is 1. The first-order chi connectivity index (χ1) is 7.65. The second-order valence-corrected chi connectivity index (χ2v) is 4.58. The van der Waals surface area contributed by atoms with Gasteiger partial charge in [0.2, 0.25) is 0 Å². The summed E-state index contributed by atoms with van der Waals surface area (Å²) in [5.74, 6) is -0.838. The predicted octanol–water partition coefficient (Wildman–Crippen LogP) is 1.91. The molecule has 0 aromatic carbocycles. The molecule has 1 rings (SSSR count). The van der Waals surface area contributed by atoms with Crippen LogP contribution in [0.1, 0.15) is 21.7 Å². The number of methoxy groups -OCH3 is 1. The van der Waals surface area contributed by atoms with Crippen molar-refractivity contribution >= 4 is 17.3 Å². The molecule has 1 aromatic heterocycles. The van der Waals surface area contributed by atoms with Gasteiger partial charge in [0, 0.05) is 26.8 Å². The summed E-state index contributed by atoms with van der Waals surface area (Å²) in [6.07, 6.45) is 0.958. The molecule has 0 aliphatic heterocycles. The molecule has 0 aliphatic carbocycles. The summed E-state index contributed by atoms with van der Waals surface area (Å²) in [7, 11) is 3.67. The molecule has 0 radical (unpaired) electrons. The highest BCUT2D eigenvalue weighted by molar-refractivity contribution is 7.12. The molecule has 0 spiro atoms. The van der Waals surface area contributed by atoms with Crippen LogP contribution in [0.25, 0.3) is 0 Å². The largest absolute Gasteiger partial charge is 0.477 e. The standard InChI is InChI=1S/C11H17NO3S/c1-12(5-3-6-15-2)8-9-4-7-16-10(9)11(13)14/h4,7H,3,5-6,8H2,1-2H3,(H,13,14). The smallest absolute Gasteiger partial charge is 0.346 e. The van der Waals surface area contributed by atoms with Gasteiger partial charge in [-0.2, -0.15) is 0 Å². The number of rotatable bonds is 7. The lowest BCUT2D eigenvalue weighted by molar-refractivity contribution is 0.0700. The maximum absolute atomic E-state index is 10.9. The summed E-state index contributed by atoms with van der Waals surface area (Å²) in [6.45, 7) is 2.32. The molecule has 0 saturated carbocycles. The van der Waals surface area contributed by atoms with Gasteiger partial charge in [-0.25, -0.2) is 4.79 Å². The zero-order chi connectivity index (χ0) is 12.0. The van der Waals surface area contributed by atoms with Gasteiger partial charge in [0.15, 0.2) is 0 Å². The Morgan fingerprint density at radius 2 is 2.38 bits per heavy atom. The van der Waals surface area contributed by atoms with E-state index in [0.29, 0.717) is 11.4 Å². The third-order valence-electron chi connectivity index (χ3n) is 2.27. The molecule has 0 atom stereocenters. The fourth-order valence-corrected chi connectivity index (χ4v) is 2.25. The van der Waals surface area contributed by atoms with Crippen molar-refractivity contribution in [2.45, 2.75) is 13.0 Å². The SMILES string of the molecule is COCCCN(C)Cc1ccsc1C(=O)O. The van der Waals surface area contributed by atoms with Crippen LogP contribution >= 0.6 is 11.3 Å². The van der Waals surface area contributed by atoms with Crippen molar-refractivity contribution < 1.29 is 14.6 Å². The maximum Gasteiger partial charge on any atom is 0.346 e. The first-order valence-electron chi connectivity index (χ1n) is 5.12. The van der Waals surface area contributed by atoms with E-state index in [2.05, 4.69) is 4.90 Å². The first-order valence-corrected chi connectivity index (χ1v) is 6.00. The zero-order valence-electron chi connectivity index (χ0n) is 9.60. The minimum atomic E-state index is -0.838. The number of thiophene rings is 1. The molecule has 1 aromatic rings. The zero-order valence-corrected chi connectivity index (χ0v) is 10.4. The van der Waals surface area contributed by atoms with Crippen molar-refractivity contribution in [2.75, 3.05) is 27.3 Å². The summed E-state index contributed by atoms with van der Waals surface area (Å²) in [5.41, 5.74) is 0.886. The molecular weight excluding hydrogens is 226 g/mol. The summed E-state index contributed by atoms with van der Waals surface area (Å²) in [6, 6.07) is 1.88. The van der Waals surface area contributed by atoms with Gasteiger partial charge in [0.1, 0.15) is 4.88 Å². The Labute approximate surface area is 99.5 Å². The van der Waals surface area contributed by atoms with Gasteiger partial charge < -0.3 is 14.7 Å². The van der Waals surface area contributed by atoms with Crippen LogP contribution in [0.2, 0.25) is 0 Å². The molecule has 0 bridgehead atoms. The molecule has 0 fully saturated rings. The fraction of sp³-hybridized carbons (Fsp3) is 0.545. The van der Waals surface area contributed by atoms with E-state index in [-0.39, 0.29) is 0 Å². The second-order valence-electron chi connectivity index (χ2n) is 3.66. The van der Waals surface area contributed by atoms with E-state index in [1.807, 2.05) is 18.5 Å². The number of hydrogen-bond donors (Lipinski definition) is 1. The van der Waals surface area contributed by atoms with Crippen LogP contribution in [0.4, 0.5) is 0 Å². The highest BCUT2D eigenvalue weighted by Crippen LogP contribution is 2.18. The Hall–Kier alpha value is -0.910. The molecule has 0 unspecified atom stereocenters. The van der Waals surface area contributed by atoms with Crippen molar-refractivity contribution in [3.8, 4) is 0 Å². The van der Waals surface area contributed by atoms with Gasteiger partial charge in [-0.05, 0) is 30.5 Å². The number of carbonyl (C=O) groups is 1. The highest BCUT2D eigenvalue weighted by Gasteiger charge is 2.12. The minimum Gasteiger partial charge on any atom is -0.477 e. The van der Waals surface area contributed by atoms with Gasteiger partial charge in [-0.1, -0.05) is 0 Å². The summed E-state index contributed by atoms with van der Waals surface area (Å²) < 4.78 is 4.97. The van der Waals surface area contributed by atoms with E-state index in [1.54, 1.807) is 7.11 Å². The van der Waals surface area contributed by atoms with Crippen LogP contribution in [0, 0.1) is 0 Å². The highest BCUT2D eigenvalue weighted by atomic mass is 32.1. The van der Waals surface area contributed by atoms with Crippen molar-refractivity contribution in [1.82, 2.24) is 4.90 Å². The minimum absolute atomic E-state index is 0.443. The summed E-state index contributed by atoms with van der Waals surface area (Å²) >= 11 is 1.28. The van der Waals surface area contributed by atoms with E-state index in [9.17, 15) is 4.79 Å². The quantitative estimate of drug-likeness (QED) is 0.743. The molecule has 0 aliphatic rings. The van der Waals surface area contributed by atoms with Crippen molar-refractivity contribution in [3.05, 3.63) is 21.9 Å². The molecule has 0 amide bonds. The van der Waals surface area contributed by atoms with Crippen molar-refractivity contribution in [1.29, 1.82) is 0 Å². The van der Waals surface area contributed by atoms with Crippen LogP contribution in [-0.4, -0.2) is 43.3 Å². The van der Waals surface area contributed by atoms with Gasteiger partial charge in [-0.15, -0.1) is 11.3 Å². The molecule has 1 heterocycles. The van der Waals surface area contributed by atoms with Gasteiger partial charge in [-0.3, -0.25) is 0 Å². The molecule has 5 heteroatoms. The predicted molar refractivity (Wildman–Crippen MR) is 64.1 cm³/mol. The Bertz CT molecular complexity index is 338. The van der Waals surface area contributed by atoms with Gasteiger partial charge in [0.05, 0.1) is 0 Å². The Morgan fingerprint density at radius 3 is 3.00 bits per heavy atom.